The molecule has 0 bridgehead atoms. The number of nitrogens with two attached hydrogens (primary N) is 1. The second kappa shape index (κ2) is 29.0. The molecule has 0 radical (unpaired) electrons. The lowest BCUT2D eigenvalue weighted by molar-refractivity contribution is -0.135. The van der Waals surface area contributed by atoms with E-state index in [0.717, 1.165) is 43.8 Å². The number of carbonyl (C=O) groups excluding carboxylic acids is 10. The monoisotopic (exact) mass is 1110 g/mol. The van der Waals surface area contributed by atoms with Crippen LogP contribution in [0.3, 0.4) is 0 Å². The standard InChI is InChI=1S/C51H67N15O10S2/c1-4-5-15-36-49(75)66(51(76)65-36)24-42(68)59-41-26-78-77-25-40(29(3)67)64-46(72)38(20-31-22-56-34-16-10-9-14-33(31)34)63-44(70)35(17-11-18-55-50(52)53)60-45(71)37(19-30-12-7-6-8-13-30)62-47(73)39(21-32-23-54-27-57-32)61-43(69)28(2)58-48(41)74/h6-10,12-14,16,22-23,27-28,35-41,56H,4-5,11,15,17-21,24-26H2,1-3H3,(H,54,57)(H,58,74)(H,59,68)(H,60,71)(H,61,69)(H,62,73)(H,63,70)(H,64,72)(H,65,76)(H4,52,53,55)/t28-,35+,36+,37-,38+,39+,40+,41+/m1/s1. The van der Waals surface area contributed by atoms with Crippen molar-refractivity contribution in [2.24, 2.45) is 5.73 Å². The molecule has 78 heavy (non-hydrogen) atoms. The van der Waals surface area contributed by atoms with Gasteiger partial charge in [-0.15, -0.1) is 0 Å². The number of benzene rings is 2. The number of Topliss-reactive ketones (excluding diaryl/α,β-unsaturated/α-hetero) is 1. The molecule has 2 fully saturated rings. The highest BCUT2D eigenvalue weighted by Crippen LogP contribution is 2.25. The van der Waals surface area contributed by atoms with Gasteiger partial charge in [0.25, 0.3) is 5.91 Å². The van der Waals surface area contributed by atoms with E-state index in [0.29, 0.717) is 29.7 Å². The maximum Gasteiger partial charge on any atom is 0.325 e. The molecule has 14 N–H and O–H groups in total. The molecular formula is C51H67N15O10S2. The highest BCUT2D eigenvalue weighted by Gasteiger charge is 2.40. The number of H-pyrrole nitrogens is 2. The average Bonchev–Trinajstić information content (AvgIpc) is 4.15. The van der Waals surface area contributed by atoms with Crippen molar-refractivity contribution in [3.8, 4) is 0 Å². The zero-order chi connectivity index (χ0) is 56.3. The van der Waals surface area contributed by atoms with Crippen LogP contribution in [0.2, 0.25) is 0 Å². The molecule has 27 heteroatoms. The lowest BCUT2D eigenvalue weighted by Gasteiger charge is -2.27. The van der Waals surface area contributed by atoms with Gasteiger partial charge in [-0.05, 0) is 50.3 Å². The number of nitrogens with zero attached hydrogens (tertiary/aromatic N) is 2. The van der Waals surface area contributed by atoms with Crippen molar-refractivity contribution in [2.45, 2.75) is 120 Å². The van der Waals surface area contributed by atoms with E-state index in [1.165, 1.54) is 26.4 Å². The number of ketones is 1. The molecule has 2 aliphatic rings. The van der Waals surface area contributed by atoms with Gasteiger partial charge in [0.05, 0.1) is 12.4 Å². The lowest BCUT2D eigenvalue weighted by Crippen LogP contribution is -2.60. The first kappa shape index (κ1) is 59.3. The van der Waals surface area contributed by atoms with Gasteiger partial charge >= 0.3 is 6.03 Å². The molecule has 8 atom stereocenters. The Kier molecular flexibility index (Phi) is 22.0. The van der Waals surface area contributed by atoms with Gasteiger partial charge in [0.2, 0.25) is 41.4 Å². The minimum absolute atomic E-state index is 0.0377. The largest absolute Gasteiger partial charge is 0.370 e. The molecular weight excluding hydrogens is 1050 g/mol. The van der Waals surface area contributed by atoms with E-state index in [9.17, 15) is 47.9 Å². The van der Waals surface area contributed by atoms with Crippen molar-refractivity contribution in [1.82, 2.24) is 67.7 Å². The number of fused-ring (bicyclic) bond motifs is 1. The number of urea groups is 1. The number of hydrogen-bond donors (Lipinski definition) is 13. The van der Waals surface area contributed by atoms with Crippen LogP contribution in [-0.4, -0.2) is 158 Å². The molecule has 25 nitrogen and oxygen atoms in total. The van der Waals surface area contributed by atoms with Crippen LogP contribution < -0.4 is 53.6 Å². The van der Waals surface area contributed by atoms with Crippen molar-refractivity contribution in [3.63, 3.8) is 0 Å². The van der Waals surface area contributed by atoms with Gasteiger partial charge in [0.15, 0.2) is 11.7 Å². The van der Waals surface area contributed by atoms with E-state index < -0.39 is 114 Å². The molecule has 10 amide bonds. The molecule has 418 valence electrons. The summed E-state index contributed by atoms with van der Waals surface area (Å²) in [7, 11) is 2.11. The molecule has 2 aliphatic heterocycles. The molecule has 0 saturated carbocycles. The molecule has 6 rings (SSSR count). The molecule has 0 aliphatic carbocycles. The Labute approximate surface area is 457 Å². The van der Waals surface area contributed by atoms with Crippen LogP contribution in [-0.2, 0) is 62.4 Å². The first-order chi connectivity index (χ1) is 37.4. The first-order valence-corrected chi connectivity index (χ1v) is 28.0. The van der Waals surface area contributed by atoms with Crippen LogP contribution in [0, 0.1) is 5.41 Å². The number of aromatic amines is 2. The molecule has 2 aromatic carbocycles. The van der Waals surface area contributed by atoms with Gasteiger partial charge in [-0.2, -0.15) is 0 Å². The molecule has 4 aromatic rings. The van der Waals surface area contributed by atoms with Crippen molar-refractivity contribution >= 4 is 97.5 Å². The predicted octanol–water partition coefficient (Wildman–Crippen LogP) is -0.310. The number of unbranched alkanes of at least 4 members (excludes halogenated alkanes) is 1. The molecule has 2 saturated heterocycles. The molecule has 0 unspecified atom stereocenters. The Bertz CT molecular complexity index is 2800. The summed E-state index contributed by atoms with van der Waals surface area (Å²) >= 11 is 0. The number of imide groups is 1. The second-order valence-corrected chi connectivity index (χ2v) is 21.5. The van der Waals surface area contributed by atoms with Gasteiger partial charge in [0, 0.05) is 66.3 Å². The highest BCUT2D eigenvalue weighted by atomic mass is 33.1. The van der Waals surface area contributed by atoms with E-state index >= 15 is 0 Å². The maximum atomic E-state index is 14.7. The van der Waals surface area contributed by atoms with E-state index in [2.05, 4.69) is 62.8 Å². The van der Waals surface area contributed by atoms with Crippen molar-refractivity contribution < 1.29 is 47.9 Å². The number of amides is 10. The van der Waals surface area contributed by atoms with Crippen LogP contribution in [0.4, 0.5) is 4.79 Å². The van der Waals surface area contributed by atoms with E-state index in [-0.39, 0.29) is 56.1 Å². The fourth-order valence-corrected chi connectivity index (χ4v) is 11.0. The normalized spacial score (nSPS) is 23.4. The number of guanidine groups is 1. The van der Waals surface area contributed by atoms with Crippen LogP contribution in [0.25, 0.3) is 10.9 Å². The Morgan fingerprint density at radius 2 is 1.35 bits per heavy atom. The van der Waals surface area contributed by atoms with Gasteiger partial charge < -0.3 is 63.6 Å². The van der Waals surface area contributed by atoms with E-state index in [4.69, 9.17) is 11.1 Å². The third-order valence-corrected chi connectivity index (χ3v) is 15.3. The number of carbonyl (C=O) groups is 10. The summed E-state index contributed by atoms with van der Waals surface area (Å²) in [6, 6.07) is 5.09. The van der Waals surface area contributed by atoms with Gasteiger partial charge in [-0.3, -0.25) is 53.5 Å². The summed E-state index contributed by atoms with van der Waals surface area (Å²) in [5, 5.41) is 32.6. The summed E-state index contributed by atoms with van der Waals surface area (Å²) in [6.45, 7) is 3.96. The van der Waals surface area contributed by atoms with Crippen LogP contribution in [0.1, 0.15) is 69.7 Å². The van der Waals surface area contributed by atoms with Crippen molar-refractivity contribution in [1.29, 1.82) is 5.41 Å². The summed E-state index contributed by atoms with van der Waals surface area (Å²) in [5.41, 5.74) is 7.97. The third kappa shape index (κ3) is 17.3. The smallest absolute Gasteiger partial charge is 0.325 e. The quantitative estimate of drug-likeness (QED) is 0.0212. The van der Waals surface area contributed by atoms with Crippen molar-refractivity contribution in [2.75, 3.05) is 24.6 Å². The number of aromatic nitrogens is 3. The highest BCUT2D eigenvalue weighted by molar-refractivity contribution is 8.76. The zero-order valence-electron chi connectivity index (χ0n) is 43.4. The average molecular weight is 1110 g/mol. The lowest BCUT2D eigenvalue weighted by atomic mass is 10.0. The Morgan fingerprint density at radius 1 is 0.718 bits per heavy atom. The zero-order valence-corrected chi connectivity index (χ0v) is 45.0. The third-order valence-electron chi connectivity index (χ3n) is 12.9. The van der Waals surface area contributed by atoms with Crippen LogP contribution >= 0.6 is 21.6 Å². The second-order valence-electron chi connectivity index (χ2n) is 18.9. The predicted molar refractivity (Wildman–Crippen MR) is 292 cm³/mol. The number of rotatable bonds is 17. The van der Waals surface area contributed by atoms with E-state index in [1.54, 1.807) is 36.5 Å². The summed E-state index contributed by atoms with van der Waals surface area (Å²) in [5.74, 6) is -7.35. The number of imidazole rings is 1. The Morgan fingerprint density at radius 3 is 2.04 bits per heavy atom. The van der Waals surface area contributed by atoms with Crippen molar-refractivity contribution in [3.05, 3.63) is 90.1 Å². The van der Waals surface area contributed by atoms with Crippen LogP contribution in [0.5, 0.6) is 0 Å². The number of para-hydroxylation sites is 1. The van der Waals surface area contributed by atoms with Crippen LogP contribution in [0.15, 0.2) is 73.3 Å². The Balaban J connectivity index is 1.34. The van der Waals surface area contributed by atoms with Gasteiger partial charge in [-0.25, -0.2) is 9.78 Å². The first-order valence-electron chi connectivity index (χ1n) is 25.5. The number of nitrogens with one attached hydrogen (secondary N) is 12. The molecule has 0 spiro atoms. The summed E-state index contributed by atoms with van der Waals surface area (Å²) < 4.78 is 0. The SMILES string of the molecule is CCCC[C@@H]1NC(=O)N(CC(=O)N[C@H]2CSSC[C@@H](C(C)=O)NC(=O)[C@H](Cc3c[nH]c4ccccc34)NC(=O)[C@H](CCCNC(=N)N)NC(=O)[C@@H](Cc3ccccc3)NC(=O)[C@H](Cc3cnc[nH]3)NC(=O)[C@@H](C)NC2=O)C1=O. The molecule has 2 aromatic heterocycles. The fourth-order valence-electron chi connectivity index (χ4n) is 8.57. The Hall–Kier alpha value is -7.94. The van der Waals surface area contributed by atoms with Gasteiger partial charge in [0.1, 0.15) is 48.8 Å². The number of hydrogen-bond acceptors (Lipinski definition) is 14. The van der Waals surface area contributed by atoms with Gasteiger partial charge in [-0.1, -0.05) is 89.9 Å². The molecule has 4 heterocycles. The summed E-state index contributed by atoms with van der Waals surface area (Å²) in [4.78, 5) is 150. The van der Waals surface area contributed by atoms with E-state index in [1.807, 2.05) is 31.2 Å². The topological polar surface area (TPSA) is 377 Å². The minimum atomic E-state index is -1.41. The fraction of sp³-hybridized carbons (Fsp3) is 0.451. The maximum absolute atomic E-state index is 14.7. The minimum Gasteiger partial charge on any atom is -0.370 e. The summed E-state index contributed by atoms with van der Waals surface area (Å²) in [6.07, 6.45) is 6.12.